The van der Waals surface area contributed by atoms with Gasteiger partial charge in [-0.05, 0) is 18.8 Å². The Kier molecular flexibility index (Phi) is 4.43. The Balaban J connectivity index is 1.39. The Bertz CT molecular complexity index is 1160. The fraction of sp³-hybridized carbons (Fsp3) is 0.318. The summed E-state index contributed by atoms with van der Waals surface area (Å²) >= 11 is 0. The lowest BCUT2D eigenvalue weighted by Gasteiger charge is -2.37. The van der Waals surface area contributed by atoms with Crippen LogP contribution in [0.1, 0.15) is 23.2 Å². The summed E-state index contributed by atoms with van der Waals surface area (Å²) in [6.45, 7) is 0.876. The van der Waals surface area contributed by atoms with E-state index in [1.165, 1.54) is 0 Å². The molecule has 1 saturated heterocycles. The number of likely N-dealkylation sites (tertiary alicyclic amines) is 1. The second-order valence-corrected chi connectivity index (χ2v) is 7.88. The number of carbonyl (C=O) groups excluding carboxylic acids is 2. The van der Waals surface area contributed by atoms with Gasteiger partial charge in [0.05, 0.1) is 29.4 Å². The third-order valence-corrected chi connectivity index (χ3v) is 5.72. The lowest BCUT2D eigenvalue weighted by molar-refractivity contribution is -0.138. The molecular weight excluding hydrogens is 380 g/mol. The molecule has 8 heteroatoms. The molecule has 0 bridgehead atoms. The van der Waals surface area contributed by atoms with Gasteiger partial charge in [0.2, 0.25) is 5.91 Å². The van der Waals surface area contributed by atoms with Gasteiger partial charge in [0, 0.05) is 24.8 Å². The van der Waals surface area contributed by atoms with Gasteiger partial charge in [-0.1, -0.05) is 30.3 Å². The number of amides is 2. The first kappa shape index (κ1) is 18.3. The van der Waals surface area contributed by atoms with Crippen LogP contribution in [-0.4, -0.2) is 50.8 Å². The van der Waals surface area contributed by atoms with Crippen LogP contribution in [0.5, 0.6) is 0 Å². The van der Waals surface area contributed by atoms with Crippen molar-refractivity contribution in [3.63, 3.8) is 0 Å². The molecule has 150 valence electrons. The average molecular weight is 400 g/mol. The zero-order valence-electron chi connectivity index (χ0n) is 16.2. The molecule has 1 aliphatic heterocycles. The number of nitrogens with zero attached hydrogens (tertiary/aromatic N) is 4. The molecule has 1 saturated carbocycles. The first-order valence-electron chi connectivity index (χ1n) is 10.0. The summed E-state index contributed by atoms with van der Waals surface area (Å²) in [5.74, 6) is -0.403. The molecule has 8 nitrogen and oxygen atoms in total. The van der Waals surface area contributed by atoms with Crippen molar-refractivity contribution in [2.45, 2.75) is 18.9 Å². The van der Waals surface area contributed by atoms with E-state index in [1.807, 2.05) is 30.3 Å². The molecule has 1 aromatic carbocycles. The number of H-pyrrole nitrogens is 1. The molecule has 2 aromatic heterocycles. The van der Waals surface area contributed by atoms with Crippen molar-refractivity contribution in [3.05, 3.63) is 48.3 Å². The third kappa shape index (κ3) is 3.28. The van der Waals surface area contributed by atoms with Gasteiger partial charge in [-0.15, -0.1) is 0 Å². The van der Waals surface area contributed by atoms with Gasteiger partial charge in [0.25, 0.3) is 5.91 Å². The van der Waals surface area contributed by atoms with E-state index in [4.69, 9.17) is 5.26 Å². The van der Waals surface area contributed by atoms with Crippen molar-refractivity contribution in [1.82, 2.24) is 25.2 Å². The highest BCUT2D eigenvalue weighted by Gasteiger charge is 2.42. The van der Waals surface area contributed by atoms with E-state index in [2.05, 4.69) is 26.3 Å². The van der Waals surface area contributed by atoms with Crippen molar-refractivity contribution >= 4 is 23.0 Å². The zero-order valence-corrected chi connectivity index (χ0v) is 16.2. The lowest BCUT2D eigenvalue weighted by atomic mass is 9.99. The first-order valence-corrected chi connectivity index (χ1v) is 10.0. The highest BCUT2D eigenvalue weighted by molar-refractivity contribution is 6.06. The zero-order chi connectivity index (χ0) is 20.7. The number of aromatic nitrogens is 3. The number of benzene rings is 1. The second kappa shape index (κ2) is 7.26. The van der Waals surface area contributed by atoms with Gasteiger partial charge < -0.3 is 15.2 Å². The number of hydrogen-bond acceptors (Lipinski definition) is 5. The summed E-state index contributed by atoms with van der Waals surface area (Å²) in [6, 6.07) is 11.3. The normalized spacial score (nSPS) is 17.2. The molecule has 2 amide bonds. The molecule has 3 aromatic rings. The largest absolute Gasteiger partial charge is 0.344 e. The first-order chi connectivity index (χ1) is 14.6. The van der Waals surface area contributed by atoms with Crippen molar-refractivity contribution < 1.29 is 9.59 Å². The predicted molar refractivity (Wildman–Crippen MR) is 109 cm³/mol. The molecule has 1 atom stereocenters. The Hall–Kier alpha value is -3.73. The summed E-state index contributed by atoms with van der Waals surface area (Å²) < 4.78 is 0. The minimum absolute atomic E-state index is 0.103. The molecule has 0 radical (unpaired) electrons. The summed E-state index contributed by atoms with van der Waals surface area (Å²) in [6.07, 6.45) is 5.08. The predicted octanol–water partition coefficient (Wildman–Crippen LogP) is 2.12. The van der Waals surface area contributed by atoms with Crippen LogP contribution in [0.3, 0.4) is 0 Å². The average Bonchev–Trinajstić information content (AvgIpc) is 3.49. The van der Waals surface area contributed by atoms with Crippen LogP contribution in [0.4, 0.5) is 0 Å². The van der Waals surface area contributed by atoms with Crippen LogP contribution in [-0.2, 0) is 4.79 Å². The smallest absolute Gasteiger partial charge is 0.255 e. The van der Waals surface area contributed by atoms with E-state index in [0.29, 0.717) is 35.5 Å². The monoisotopic (exact) mass is 400 g/mol. The van der Waals surface area contributed by atoms with Crippen LogP contribution < -0.4 is 5.32 Å². The van der Waals surface area contributed by atoms with Gasteiger partial charge in [-0.2, -0.15) is 5.26 Å². The molecule has 1 unspecified atom stereocenters. The van der Waals surface area contributed by atoms with Crippen LogP contribution >= 0.6 is 0 Å². The standard InChI is InChI=1S/C22H20N6O2/c23-8-13-11-28(12-13)22(30)18(15-6-7-15)27-21(29)16-9-24-20-19(16)26-17(10-25-20)14-4-2-1-3-5-14/h1-5,9-10,13,15,18H,6-7,11-12H2,(H,24,25)(H,27,29). The van der Waals surface area contributed by atoms with E-state index < -0.39 is 6.04 Å². The van der Waals surface area contributed by atoms with E-state index in [-0.39, 0.29) is 23.7 Å². The fourth-order valence-corrected chi connectivity index (χ4v) is 3.78. The molecule has 3 heterocycles. The maximum atomic E-state index is 13.0. The van der Waals surface area contributed by atoms with E-state index in [9.17, 15) is 9.59 Å². The van der Waals surface area contributed by atoms with Crippen LogP contribution in [0.2, 0.25) is 0 Å². The number of carbonyl (C=O) groups is 2. The van der Waals surface area contributed by atoms with Crippen molar-refractivity contribution in [1.29, 1.82) is 5.26 Å². The van der Waals surface area contributed by atoms with Crippen molar-refractivity contribution in [2.24, 2.45) is 11.8 Å². The van der Waals surface area contributed by atoms with E-state index in [0.717, 1.165) is 18.4 Å². The minimum Gasteiger partial charge on any atom is -0.344 e. The summed E-state index contributed by atoms with van der Waals surface area (Å²) in [5.41, 5.74) is 2.95. The number of aromatic amines is 1. The van der Waals surface area contributed by atoms with Crippen LogP contribution in [0.15, 0.2) is 42.7 Å². The highest BCUT2D eigenvalue weighted by Crippen LogP contribution is 2.35. The highest BCUT2D eigenvalue weighted by atomic mass is 16.2. The van der Waals surface area contributed by atoms with Gasteiger partial charge in [-0.3, -0.25) is 9.59 Å². The van der Waals surface area contributed by atoms with Gasteiger partial charge >= 0.3 is 0 Å². The van der Waals surface area contributed by atoms with Gasteiger partial charge in [0.1, 0.15) is 11.6 Å². The van der Waals surface area contributed by atoms with E-state index >= 15 is 0 Å². The van der Waals surface area contributed by atoms with Crippen molar-refractivity contribution in [2.75, 3.05) is 13.1 Å². The molecule has 2 fully saturated rings. The van der Waals surface area contributed by atoms with Gasteiger partial charge in [-0.25, -0.2) is 9.97 Å². The molecule has 30 heavy (non-hydrogen) atoms. The summed E-state index contributed by atoms with van der Waals surface area (Å²) in [7, 11) is 0. The quantitative estimate of drug-likeness (QED) is 0.681. The number of nitrogens with one attached hydrogen (secondary N) is 2. The Morgan fingerprint density at radius 2 is 2.00 bits per heavy atom. The number of rotatable bonds is 5. The Labute approximate surface area is 172 Å². The van der Waals surface area contributed by atoms with Crippen molar-refractivity contribution in [3.8, 4) is 17.3 Å². The molecule has 2 aliphatic rings. The molecule has 1 aliphatic carbocycles. The maximum absolute atomic E-state index is 13.0. The molecule has 2 N–H and O–H groups in total. The Morgan fingerprint density at radius 3 is 2.70 bits per heavy atom. The molecule has 0 spiro atoms. The van der Waals surface area contributed by atoms with Crippen LogP contribution in [0, 0.1) is 23.2 Å². The topological polar surface area (TPSA) is 115 Å². The third-order valence-electron chi connectivity index (χ3n) is 5.72. The van der Waals surface area contributed by atoms with E-state index in [1.54, 1.807) is 17.3 Å². The maximum Gasteiger partial charge on any atom is 0.255 e. The Morgan fingerprint density at radius 1 is 1.23 bits per heavy atom. The summed E-state index contributed by atoms with van der Waals surface area (Å²) in [5, 5.41) is 11.9. The molecular formula is C22H20N6O2. The van der Waals surface area contributed by atoms with Gasteiger partial charge in [0.15, 0.2) is 5.65 Å². The number of fused-ring (bicyclic) bond motifs is 1. The number of nitriles is 1. The minimum atomic E-state index is -0.563. The lowest BCUT2D eigenvalue weighted by Crippen LogP contribution is -2.57. The molecule has 5 rings (SSSR count). The summed E-state index contributed by atoms with van der Waals surface area (Å²) in [4.78, 5) is 39.5. The number of hydrogen-bond donors (Lipinski definition) is 2. The second-order valence-electron chi connectivity index (χ2n) is 7.88. The SMILES string of the molecule is N#CC1CN(C(=O)C(NC(=O)c2c[nH]c3ncc(-c4ccccc4)nc23)C2CC2)C1. The van der Waals surface area contributed by atoms with Crippen LogP contribution in [0.25, 0.3) is 22.4 Å². The fourth-order valence-electron chi connectivity index (χ4n) is 3.78.